The zero-order valence-electron chi connectivity index (χ0n) is 13.1. The Morgan fingerprint density at radius 3 is 3.05 bits per heavy atom. The topological polar surface area (TPSA) is 59.4 Å². The quantitative estimate of drug-likeness (QED) is 0.937. The van der Waals surface area contributed by atoms with Crippen LogP contribution in [0.25, 0.3) is 11.0 Å². The van der Waals surface area contributed by atoms with Crippen LogP contribution >= 0.6 is 0 Å². The first-order valence-electron chi connectivity index (χ1n) is 7.74. The third-order valence-electron chi connectivity index (χ3n) is 4.14. The molecule has 1 aliphatic rings. The molecule has 0 unspecified atom stereocenters. The maximum absolute atomic E-state index is 11.7. The molecular formula is C16H22N4O2. The number of nitrogens with zero attached hydrogens (tertiary/aromatic N) is 3. The SMILES string of the molecule is CCOC(=O)N1CC[C@H](NCc2nc3ccccc3n2C)C1. The highest BCUT2D eigenvalue weighted by molar-refractivity contribution is 5.75. The lowest BCUT2D eigenvalue weighted by Crippen LogP contribution is -2.35. The Bertz CT molecular complexity index is 667. The molecule has 1 N–H and O–H groups in total. The normalized spacial score (nSPS) is 18.1. The number of aromatic nitrogens is 2. The number of ether oxygens (including phenoxy) is 1. The van der Waals surface area contributed by atoms with E-state index >= 15 is 0 Å². The highest BCUT2D eigenvalue weighted by atomic mass is 16.6. The molecule has 1 aliphatic heterocycles. The Morgan fingerprint density at radius 2 is 2.27 bits per heavy atom. The molecule has 0 bridgehead atoms. The summed E-state index contributed by atoms with van der Waals surface area (Å²) in [6.07, 6.45) is 0.734. The van der Waals surface area contributed by atoms with Gasteiger partial charge in [0.25, 0.3) is 0 Å². The number of carbonyl (C=O) groups is 1. The summed E-state index contributed by atoms with van der Waals surface area (Å²) in [5, 5.41) is 3.49. The molecule has 3 rings (SSSR count). The number of hydrogen-bond donors (Lipinski definition) is 1. The Hall–Kier alpha value is -2.08. The summed E-state index contributed by atoms with van der Waals surface area (Å²) in [4.78, 5) is 18.1. The van der Waals surface area contributed by atoms with Gasteiger partial charge >= 0.3 is 6.09 Å². The first-order chi connectivity index (χ1) is 10.7. The number of amides is 1. The van der Waals surface area contributed by atoms with E-state index < -0.39 is 0 Å². The Morgan fingerprint density at radius 1 is 1.45 bits per heavy atom. The van der Waals surface area contributed by atoms with Gasteiger partial charge in [-0.1, -0.05) is 12.1 Å². The third-order valence-corrected chi connectivity index (χ3v) is 4.14. The van der Waals surface area contributed by atoms with E-state index in [9.17, 15) is 4.79 Å². The number of rotatable bonds is 4. The van der Waals surface area contributed by atoms with Crippen molar-refractivity contribution in [2.24, 2.45) is 7.05 Å². The van der Waals surface area contributed by atoms with Crippen LogP contribution in [0.4, 0.5) is 4.79 Å². The molecule has 118 valence electrons. The molecule has 1 amide bonds. The second kappa shape index (κ2) is 6.36. The molecule has 1 atom stereocenters. The van der Waals surface area contributed by atoms with Gasteiger partial charge in [0.2, 0.25) is 0 Å². The summed E-state index contributed by atoms with van der Waals surface area (Å²) < 4.78 is 7.15. The van der Waals surface area contributed by atoms with Crippen LogP contribution in [-0.2, 0) is 18.3 Å². The van der Waals surface area contributed by atoms with Gasteiger partial charge in [0.15, 0.2) is 0 Å². The predicted molar refractivity (Wildman–Crippen MR) is 84.6 cm³/mol. The van der Waals surface area contributed by atoms with Gasteiger partial charge < -0.3 is 19.5 Å². The number of likely N-dealkylation sites (tertiary alicyclic amines) is 1. The van der Waals surface area contributed by atoms with Gasteiger partial charge in [-0.25, -0.2) is 9.78 Å². The van der Waals surface area contributed by atoms with Gasteiger partial charge in [0.05, 0.1) is 24.2 Å². The number of carbonyl (C=O) groups excluding carboxylic acids is 1. The highest BCUT2D eigenvalue weighted by Crippen LogP contribution is 2.15. The minimum atomic E-state index is -0.213. The number of para-hydroxylation sites is 2. The Kier molecular flexibility index (Phi) is 4.29. The van der Waals surface area contributed by atoms with E-state index in [0.29, 0.717) is 25.7 Å². The van der Waals surface area contributed by atoms with Crippen molar-refractivity contribution in [1.29, 1.82) is 0 Å². The van der Waals surface area contributed by atoms with Crippen LogP contribution in [-0.4, -0.2) is 46.3 Å². The standard InChI is InChI=1S/C16H22N4O2/c1-3-22-16(21)20-9-8-12(11-20)17-10-15-18-13-6-4-5-7-14(13)19(15)2/h4-7,12,17H,3,8-11H2,1-2H3/t12-/m0/s1. The molecule has 22 heavy (non-hydrogen) atoms. The van der Waals surface area contributed by atoms with Gasteiger partial charge in [0.1, 0.15) is 5.82 Å². The zero-order chi connectivity index (χ0) is 15.5. The van der Waals surface area contributed by atoms with Crippen LogP contribution in [0.5, 0.6) is 0 Å². The fourth-order valence-corrected chi connectivity index (χ4v) is 2.90. The Labute approximate surface area is 130 Å². The van der Waals surface area contributed by atoms with Gasteiger partial charge in [0, 0.05) is 26.2 Å². The van der Waals surface area contributed by atoms with E-state index in [-0.39, 0.29) is 6.09 Å². The fourth-order valence-electron chi connectivity index (χ4n) is 2.90. The smallest absolute Gasteiger partial charge is 0.409 e. The predicted octanol–water partition coefficient (Wildman–Crippen LogP) is 1.89. The summed E-state index contributed by atoms with van der Waals surface area (Å²) in [6.45, 7) is 4.40. The molecule has 1 saturated heterocycles. The van der Waals surface area contributed by atoms with Crippen LogP contribution in [0.15, 0.2) is 24.3 Å². The van der Waals surface area contributed by atoms with E-state index in [2.05, 4.69) is 20.9 Å². The van der Waals surface area contributed by atoms with Crippen molar-refractivity contribution in [3.05, 3.63) is 30.1 Å². The summed E-state index contributed by atoms with van der Waals surface area (Å²) in [5.41, 5.74) is 2.15. The zero-order valence-corrected chi connectivity index (χ0v) is 13.1. The molecule has 6 nitrogen and oxygen atoms in total. The maximum atomic E-state index is 11.7. The molecule has 0 aliphatic carbocycles. The van der Waals surface area contributed by atoms with Gasteiger partial charge in [-0.3, -0.25) is 0 Å². The number of nitrogens with one attached hydrogen (secondary N) is 1. The number of benzene rings is 1. The number of imidazole rings is 1. The van der Waals surface area contributed by atoms with E-state index in [1.807, 2.05) is 32.2 Å². The summed E-state index contributed by atoms with van der Waals surface area (Å²) >= 11 is 0. The molecule has 2 heterocycles. The van der Waals surface area contributed by atoms with Crippen LogP contribution in [0.2, 0.25) is 0 Å². The fraction of sp³-hybridized carbons (Fsp3) is 0.500. The Balaban J connectivity index is 1.58. The van der Waals surface area contributed by atoms with Crippen molar-refractivity contribution < 1.29 is 9.53 Å². The van der Waals surface area contributed by atoms with Gasteiger partial charge in [-0.2, -0.15) is 0 Å². The van der Waals surface area contributed by atoms with Crippen molar-refractivity contribution in [3.63, 3.8) is 0 Å². The van der Waals surface area contributed by atoms with Crippen LogP contribution in [0.1, 0.15) is 19.2 Å². The van der Waals surface area contributed by atoms with Crippen molar-refractivity contribution in [2.45, 2.75) is 25.9 Å². The summed E-state index contributed by atoms with van der Waals surface area (Å²) in [7, 11) is 2.03. The summed E-state index contributed by atoms with van der Waals surface area (Å²) in [6, 6.07) is 8.42. The first kappa shape index (κ1) is 14.8. The molecule has 1 aromatic carbocycles. The average molecular weight is 302 g/mol. The second-order valence-corrected chi connectivity index (χ2v) is 5.59. The van der Waals surface area contributed by atoms with Gasteiger partial charge in [-0.15, -0.1) is 0 Å². The first-order valence-corrected chi connectivity index (χ1v) is 7.74. The molecule has 1 aromatic heterocycles. The molecule has 1 fully saturated rings. The number of aryl methyl sites for hydroxylation is 1. The molecule has 0 radical (unpaired) electrons. The highest BCUT2D eigenvalue weighted by Gasteiger charge is 2.26. The van der Waals surface area contributed by atoms with Gasteiger partial charge in [-0.05, 0) is 25.5 Å². The lowest BCUT2D eigenvalue weighted by Gasteiger charge is -2.16. The molecule has 0 saturated carbocycles. The molecular weight excluding hydrogens is 280 g/mol. The maximum Gasteiger partial charge on any atom is 0.409 e. The third kappa shape index (κ3) is 2.92. The monoisotopic (exact) mass is 302 g/mol. The van der Waals surface area contributed by atoms with Crippen molar-refractivity contribution in [3.8, 4) is 0 Å². The van der Waals surface area contributed by atoms with E-state index in [4.69, 9.17) is 4.74 Å². The molecule has 2 aromatic rings. The average Bonchev–Trinajstić information content (AvgIpc) is 3.11. The lowest BCUT2D eigenvalue weighted by atomic mass is 10.2. The molecule has 6 heteroatoms. The largest absolute Gasteiger partial charge is 0.450 e. The van der Waals surface area contributed by atoms with Crippen molar-refractivity contribution in [1.82, 2.24) is 19.8 Å². The van der Waals surface area contributed by atoms with Crippen LogP contribution < -0.4 is 5.32 Å². The number of fused-ring (bicyclic) bond motifs is 1. The van der Waals surface area contributed by atoms with E-state index in [1.54, 1.807) is 4.90 Å². The summed E-state index contributed by atoms with van der Waals surface area (Å²) in [5.74, 6) is 1.01. The lowest BCUT2D eigenvalue weighted by molar-refractivity contribution is 0.115. The number of hydrogen-bond acceptors (Lipinski definition) is 4. The molecule has 0 spiro atoms. The van der Waals surface area contributed by atoms with E-state index in [1.165, 1.54) is 0 Å². The second-order valence-electron chi connectivity index (χ2n) is 5.59. The minimum Gasteiger partial charge on any atom is -0.450 e. The van der Waals surface area contributed by atoms with Crippen LogP contribution in [0.3, 0.4) is 0 Å². The van der Waals surface area contributed by atoms with Crippen molar-refractivity contribution >= 4 is 17.1 Å². The van der Waals surface area contributed by atoms with E-state index in [0.717, 1.165) is 29.8 Å². The van der Waals surface area contributed by atoms with Crippen LogP contribution in [0, 0.1) is 0 Å². The minimum absolute atomic E-state index is 0.213. The van der Waals surface area contributed by atoms with Crippen molar-refractivity contribution in [2.75, 3.05) is 19.7 Å².